The number of aryl methyl sites for hydroxylation is 1. The fraction of sp³-hybridized carbons (Fsp3) is 0.250. The highest BCUT2D eigenvalue weighted by Crippen LogP contribution is 2.50. The molecule has 0 saturated carbocycles. The fourth-order valence-electron chi connectivity index (χ4n) is 6.95. The Hall–Kier alpha value is -6.03. The molecule has 3 aromatic heterocycles. The van der Waals surface area contributed by atoms with E-state index in [1.165, 1.54) is 37.4 Å². The fourth-order valence-corrected chi connectivity index (χ4v) is 7.24. The minimum atomic E-state index is -4.90. The van der Waals surface area contributed by atoms with Crippen molar-refractivity contribution in [3.8, 4) is 28.5 Å². The number of methoxy groups -OCH3 is 2. The van der Waals surface area contributed by atoms with Gasteiger partial charge in [0.1, 0.15) is 41.9 Å². The van der Waals surface area contributed by atoms with E-state index in [0.29, 0.717) is 11.5 Å². The first-order valence-electron chi connectivity index (χ1n) is 17.4. The molecule has 0 aliphatic carbocycles. The maximum Gasteiger partial charge on any atom is 0.418 e. The molecule has 3 aromatic carbocycles. The Kier molecular flexibility index (Phi) is 10.7. The highest BCUT2D eigenvalue weighted by atomic mass is 35.5. The Morgan fingerprint density at radius 3 is 2.09 bits per heavy atom. The molecule has 57 heavy (non-hydrogen) atoms. The summed E-state index contributed by atoms with van der Waals surface area (Å²) in [6, 6.07) is 17.4. The van der Waals surface area contributed by atoms with Crippen LogP contribution in [0.2, 0.25) is 5.02 Å². The second-order valence-corrected chi connectivity index (χ2v) is 13.6. The minimum Gasteiger partial charge on any atom is -0.497 e. The van der Waals surface area contributed by atoms with Gasteiger partial charge in [-0.25, -0.2) is 19.9 Å². The molecule has 10 nitrogen and oxygen atoms in total. The number of ether oxygens (including phenoxy) is 3. The number of rotatable bonds is 10. The summed E-state index contributed by atoms with van der Waals surface area (Å²) in [6.45, 7) is 1.11. The van der Waals surface area contributed by atoms with Crippen molar-refractivity contribution in [2.45, 2.75) is 38.4 Å². The lowest BCUT2D eigenvalue weighted by Gasteiger charge is -2.33. The normalized spacial score (nSPS) is 13.5. The molecule has 1 aliphatic rings. The summed E-state index contributed by atoms with van der Waals surface area (Å²) in [4.78, 5) is 19.8. The van der Waals surface area contributed by atoms with Crippen molar-refractivity contribution in [1.82, 2.24) is 19.9 Å². The summed E-state index contributed by atoms with van der Waals surface area (Å²) in [7, 11) is 3.09. The molecule has 1 unspecified atom stereocenters. The number of hydrogen-bond donors (Lipinski definition) is 1. The van der Waals surface area contributed by atoms with E-state index in [-0.39, 0.29) is 82.1 Å². The highest BCUT2D eigenvalue weighted by molar-refractivity contribution is 6.36. The minimum absolute atomic E-state index is 0.0207. The average molecular weight is 810 g/mol. The molecule has 0 amide bonds. The van der Waals surface area contributed by atoms with Gasteiger partial charge in [0.2, 0.25) is 0 Å². The first-order valence-corrected chi connectivity index (χ1v) is 17.8. The third kappa shape index (κ3) is 7.86. The Balaban J connectivity index is 1.40. The summed E-state index contributed by atoms with van der Waals surface area (Å²) in [5.41, 5.74) is 5.34. The van der Waals surface area contributed by atoms with Gasteiger partial charge in [-0.1, -0.05) is 41.9 Å². The molecular formula is C40H34ClF6N7O3. The molecule has 0 bridgehead atoms. The number of alkyl halides is 6. The molecule has 1 aliphatic heterocycles. The molecule has 0 spiro atoms. The largest absolute Gasteiger partial charge is 0.497 e. The maximum absolute atomic E-state index is 15.1. The maximum atomic E-state index is 15.1. The van der Waals surface area contributed by atoms with E-state index in [1.807, 2.05) is 29.2 Å². The van der Waals surface area contributed by atoms with Gasteiger partial charge in [-0.15, -0.1) is 0 Å². The van der Waals surface area contributed by atoms with Gasteiger partial charge < -0.3 is 29.7 Å². The number of benzene rings is 3. The summed E-state index contributed by atoms with van der Waals surface area (Å²) in [6.07, 6.45) is -7.46. The molecule has 0 radical (unpaired) electrons. The Morgan fingerprint density at radius 2 is 1.53 bits per heavy atom. The summed E-state index contributed by atoms with van der Waals surface area (Å²) >= 11 is 6.99. The lowest BCUT2D eigenvalue weighted by Crippen LogP contribution is -2.41. The number of nitrogens with two attached hydrogens (primary N) is 1. The number of aromatic nitrogens is 4. The van der Waals surface area contributed by atoms with Gasteiger partial charge in [0.05, 0.1) is 47.9 Å². The van der Waals surface area contributed by atoms with Crippen molar-refractivity contribution < 1.29 is 40.6 Å². The van der Waals surface area contributed by atoms with Crippen LogP contribution in [0.5, 0.6) is 17.2 Å². The van der Waals surface area contributed by atoms with E-state index in [2.05, 4.69) is 19.9 Å². The number of nitrogens with zero attached hydrogens (tertiary/aromatic N) is 6. The third-order valence-electron chi connectivity index (χ3n) is 9.57. The van der Waals surface area contributed by atoms with Crippen LogP contribution in [0.3, 0.4) is 0 Å². The highest BCUT2D eigenvalue weighted by Gasteiger charge is 2.48. The third-order valence-corrected chi connectivity index (χ3v) is 9.94. The zero-order chi connectivity index (χ0) is 40.6. The second-order valence-electron chi connectivity index (χ2n) is 13.2. The van der Waals surface area contributed by atoms with Crippen LogP contribution >= 0.6 is 11.6 Å². The van der Waals surface area contributed by atoms with Crippen molar-refractivity contribution in [2.75, 3.05) is 42.9 Å². The number of anilines is 3. The van der Waals surface area contributed by atoms with Crippen molar-refractivity contribution in [1.29, 1.82) is 0 Å². The van der Waals surface area contributed by atoms with Crippen molar-refractivity contribution in [3.05, 3.63) is 118 Å². The van der Waals surface area contributed by atoms with Crippen molar-refractivity contribution in [2.24, 2.45) is 0 Å². The van der Waals surface area contributed by atoms with Gasteiger partial charge in [0.25, 0.3) is 0 Å². The van der Waals surface area contributed by atoms with Gasteiger partial charge >= 0.3 is 12.4 Å². The van der Waals surface area contributed by atoms with Crippen LogP contribution in [-0.4, -0.2) is 53.5 Å². The van der Waals surface area contributed by atoms with Crippen molar-refractivity contribution >= 4 is 40.0 Å². The predicted octanol–water partition coefficient (Wildman–Crippen LogP) is 9.38. The van der Waals surface area contributed by atoms with E-state index >= 15 is 13.2 Å². The molecule has 2 N–H and O–H groups in total. The predicted molar refractivity (Wildman–Crippen MR) is 204 cm³/mol. The van der Waals surface area contributed by atoms with Gasteiger partial charge in [0.15, 0.2) is 11.8 Å². The summed E-state index contributed by atoms with van der Waals surface area (Å²) in [5.74, 6) is 0.729. The van der Waals surface area contributed by atoms with Gasteiger partial charge in [0, 0.05) is 30.4 Å². The summed E-state index contributed by atoms with van der Waals surface area (Å²) < 4.78 is 107. The first kappa shape index (κ1) is 39.2. The second kappa shape index (κ2) is 15.5. The Bertz CT molecular complexity index is 2370. The smallest absolute Gasteiger partial charge is 0.418 e. The molecule has 0 saturated heterocycles. The number of pyridine rings is 2. The first-order chi connectivity index (χ1) is 27.2. The van der Waals surface area contributed by atoms with E-state index in [1.54, 1.807) is 38.5 Å². The SMILES string of the molecule is COc1ccc(CN(Cc2ccc(OC)cc2)c2cc(C)c(C(F)(F)F)c(-c3cc4ncnc5c4c(c3Cl)OCCN5C(c3cccnc3N)C(F)(F)F)n2)cc1. The van der Waals surface area contributed by atoms with Gasteiger partial charge in [-0.05, 0) is 66.1 Å². The van der Waals surface area contributed by atoms with Crippen LogP contribution in [-0.2, 0) is 19.3 Å². The van der Waals surface area contributed by atoms with Gasteiger partial charge in [-0.2, -0.15) is 26.3 Å². The molecule has 6 aromatic rings. The van der Waals surface area contributed by atoms with Crippen LogP contribution < -0.4 is 29.7 Å². The average Bonchev–Trinajstić information content (AvgIpc) is 3.36. The molecule has 4 heterocycles. The van der Waals surface area contributed by atoms with Crippen LogP contribution in [0.15, 0.2) is 85.3 Å². The van der Waals surface area contributed by atoms with Crippen LogP contribution in [0.1, 0.15) is 33.9 Å². The quantitative estimate of drug-likeness (QED) is 0.134. The van der Waals surface area contributed by atoms with Crippen molar-refractivity contribution in [3.63, 3.8) is 0 Å². The van der Waals surface area contributed by atoms with Crippen LogP contribution in [0, 0.1) is 6.92 Å². The van der Waals surface area contributed by atoms with E-state index in [9.17, 15) is 13.2 Å². The molecule has 7 rings (SSSR count). The Morgan fingerprint density at radius 1 is 0.895 bits per heavy atom. The monoisotopic (exact) mass is 809 g/mol. The van der Waals surface area contributed by atoms with Crippen LogP contribution in [0.25, 0.3) is 22.2 Å². The summed E-state index contributed by atoms with van der Waals surface area (Å²) in [5, 5.41) is -0.334. The van der Waals surface area contributed by atoms with E-state index < -0.39 is 29.7 Å². The zero-order valence-corrected chi connectivity index (χ0v) is 31.4. The number of nitrogen functional groups attached to an aromatic ring is 1. The van der Waals surface area contributed by atoms with E-state index in [0.717, 1.165) is 22.4 Å². The van der Waals surface area contributed by atoms with Gasteiger partial charge in [-0.3, -0.25) is 0 Å². The topological polar surface area (TPSA) is 112 Å². The molecule has 17 heteroatoms. The lowest BCUT2D eigenvalue weighted by atomic mass is 9.98. The standard InChI is InChI=1S/C40H34ClF6N7O3/c1-22-17-30(53(19-23-6-10-25(55-2)11-7-23)20-24-8-12-26(56-3)13-9-24)52-34(32(22)39(42,43)44)28-18-29-31-35(33(28)41)57-16-15-54(38(31)51-21-50-29)36(40(45,46)47)27-5-4-14-49-37(27)48/h4-14,17-18,21,36H,15-16,19-20H2,1-3H3,(H2,48,49). The number of halogens is 7. The molecule has 1 atom stereocenters. The lowest BCUT2D eigenvalue weighted by molar-refractivity contribution is -0.150. The van der Waals surface area contributed by atoms with Crippen LogP contribution in [0.4, 0.5) is 43.8 Å². The molecule has 296 valence electrons. The number of hydrogen-bond acceptors (Lipinski definition) is 10. The Labute approximate surface area is 327 Å². The zero-order valence-electron chi connectivity index (χ0n) is 30.6. The molecule has 0 fully saturated rings. The molecular weight excluding hydrogens is 776 g/mol. The van der Waals surface area contributed by atoms with E-state index in [4.69, 9.17) is 31.5 Å².